The molecule has 0 aliphatic rings. The maximum absolute atomic E-state index is 12.9. The molecule has 2 rings (SSSR count). The Morgan fingerprint density at radius 3 is 2.33 bits per heavy atom. The average Bonchev–Trinajstić information content (AvgIpc) is 2.52. The molecule has 0 bridgehead atoms. The van der Waals surface area contributed by atoms with Crippen LogP contribution in [0, 0.1) is 10.1 Å². The number of carbonyl (C=O) groups is 1. The predicted molar refractivity (Wildman–Crippen MR) is 85.1 cm³/mol. The molecule has 0 unspecified atom stereocenters. The molecule has 0 aliphatic heterocycles. The first kappa shape index (κ1) is 17.9. The molecule has 0 saturated heterocycles. The molecule has 0 heterocycles. The van der Waals surface area contributed by atoms with Gasteiger partial charge in [-0.2, -0.15) is 13.2 Å². The van der Waals surface area contributed by atoms with Crippen LogP contribution in [0.3, 0.4) is 0 Å². The molecule has 2 aromatic rings. The van der Waals surface area contributed by atoms with E-state index in [-0.39, 0.29) is 18.0 Å². The van der Waals surface area contributed by atoms with E-state index in [1.54, 1.807) is 24.3 Å². The van der Waals surface area contributed by atoms with Gasteiger partial charge in [-0.3, -0.25) is 14.9 Å². The zero-order valence-electron chi connectivity index (χ0n) is 11.9. The van der Waals surface area contributed by atoms with Crippen LogP contribution in [0.2, 0.25) is 0 Å². The van der Waals surface area contributed by atoms with E-state index in [1.807, 2.05) is 0 Å². The zero-order valence-corrected chi connectivity index (χ0v) is 13.5. The minimum absolute atomic E-state index is 0.0293. The lowest BCUT2D eigenvalue weighted by atomic mass is 10.1. The van der Waals surface area contributed by atoms with Crippen molar-refractivity contribution in [1.82, 2.24) is 0 Å². The first-order valence-corrected chi connectivity index (χ1v) is 7.36. The Kier molecular flexibility index (Phi) is 5.23. The van der Waals surface area contributed by atoms with E-state index >= 15 is 0 Å². The topological polar surface area (TPSA) is 72.2 Å². The van der Waals surface area contributed by atoms with Crippen molar-refractivity contribution in [2.45, 2.75) is 6.18 Å². The molecule has 5 nitrogen and oxygen atoms in total. The fraction of sp³-hybridized carbons (Fsp3) is 0.133. The van der Waals surface area contributed by atoms with Crippen LogP contribution in [-0.4, -0.2) is 17.3 Å². The van der Waals surface area contributed by atoms with Gasteiger partial charge in [-0.25, -0.2) is 0 Å². The van der Waals surface area contributed by atoms with Crippen molar-refractivity contribution in [3.63, 3.8) is 0 Å². The highest BCUT2D eigenvalue weighted by Crippen LogP contribution is 2.37. The molecular weight excluding hydrogens is 393 g/mol. The second-order valence-corrected chi connectivity index (χ2v) is 5.69. The number of anilines is 1. The number of hydrogen-bond acceptors (Lipinski definition) is 4. The molecule has 0 aliphatic carbocycles. The molecule has 9 heteroatoms. The highest BCUT2D eigenvalue weighted by Gasteiger charge is 2.38. The molecule has 24 heavy (non-hydrogen) atoms. The Bertz CT molecular complexity index is 777. The van der Waals surface area contributed by atoms with Crippen LogP contribution in [0.15, 0.2) is 46.9 Å². The van der Waals surface area contributed by atoms with E-state index in [0.29, 0.717) is 11.6 Å². The summed E-state index contributed by atoms with van der Waals surface area (Å²) in [4.78, 5) is 21.6. The Labute approximate surface area is 142 Å². The van der Waals surface area contributed by atoms with Crippen LogP contribution in [0.25, 0.3) is 0 Å². The van der Waals surface area contributed by atoms with Crippen molar-refractivity contribution >= 4 is 33.1 Å². The number of carbonyl (C=O) groups excluding carboxylic acids is 1. The van der Waals surface area contributed by atoms with Gasteiger partial charge in [-0.1, -0.05) is 28.1 Å². The number of hydrogen-bond donors (Lipinski definition) is 1. The molecule has 0 fully saturated rings. The van der Waals surface area contributed by atoms with Crippen LogP contribution in [0.4, 0.5) is 24.5 Å². The summed E-state index contributed by atoms with van der Waals surface area (Å²) >= 11 is 3.23. The number of halogens is 4. The highest BCUT2D eigenvalue weighted by atomic mass is 79.9. The molecule has 0 atom stereocenters. The van der Waals surface area contributed by atoms with Gasteiger partial charge in [0.1, 0.15) is 5.56 Å². The van der Waals surface area contributed by atoms with Crippen molar-refractivity contribution in [2.75, 3.05) is 11.9 Å². The molecule has 0 amide bonds. The van der Waals surface area contributed by atoms with E-state index in [0.717, 1.165) is 16.6 Å². The summed E-state index contributed by atoms with van der Waals surface area (Å²) in [6.07, 6.45) is -4.87. The van der Waals surface area contributed by atoms with E-state index in [9.17, 15) is 28.1 Å². The number of ketones is 1. The normalized spacial score (nSPS) is 11.2. The monoisotopic (exact) mass is 402 g/mol. The maximum atomic E-state index is 12.9. The van der Waals surface area contributed by atoms with Crippen LogP contribution in [0.5, 0.6) is 0 Å². The van der Waals surface area contributed by atoms with Gasteiger partial charge in [-0.15, -0.1) is 0 Å². The molecule has 0 saturated carbocycles. The highest BCUT2D eigenvalue weighted by molar-refractivity contribution is 9.10. The Hall–Kier alpha value is -2.42. The standard InChI is InChI=1S/C15H10BrF3N2O3/c16-10-3-1-9(2-4-10)14(22)8-20-11-5-6-13(21(23)24)12(7-11)15(17,18)19/h1-7,20H,8H2. The number of nitrogens with zero attached hydrogens (tertiary/aromatic N) is 1. The molecule has 0 radical (unpaired) electrons. The number of nitro groups is 1. The first-order chi connectivity index (χ1) is 11.2. The van der Waals surface area contributed by atoms with Crippen molar-refractivity contribution in [2.24, 2.45) is 0 Å². The smallest absolute Gasteiger partial charge is 0.378 e. The van der Waals surface area contributed by atoms with Gasteiger partial charge in [-0.05, 0) is 24.3 Å². The fourth-order valence-electron chi connectivity index (χ4n) is 1.95. The summed E-state index contributed by atoms with van der Waals surface area (Å²) in [6, 6.07) is 8.99. The van der Waals surface area contributed by atoms with Crippen LogP contribution in [-0.2, 0) is 6.18 Å². The Balaban J connectivity index is 2.17. The summed E-state index contributed by atoms with van der Waals surface area (Å²) in [7, 11) is 0. The number of benzene rings is 2. The molecule has 0 aromatic heterocycles. The number of rotatable bonds is 5. The van der Waals surface area contributed by atoms with Gasteiger partial charge in [0.25, 0.3) is 5.69 Å². The number of Topliss-reactive ketones (excluding diaryl/α,β-unsaturated/α-hetero) is 1. The minimum atomic E-state index is -4.87. The van der Waals surface area contributed by atoms with Crippen molar-refractivity contribution in [1.29, 1.82) is 0 Å². The van der Waals surface area contributed by atoms with E-state index in [1.165, 1.54) is 0 Å². The minimum Gasteiger partial charge on any atom is -0.378 e. The third kappa shape index (κ3) is 4.31. The van der Waals surface area contributed by atoms with Crippen molar-refractivity contribution in [3.05, 3.63) is 68.2 Å². The van der Waals surface area contributed by atoms with Crippen molar-refractivity contribution in [3.8, 4) is 0 Å². The number of nitrogens with one attached hydrogen (secondary N) is 1. The van der Waals surface area contributed by atoms with E-state index < -0.39 is 22.4 Å². The summed E-state index contributed by atoms with van der Waals surface area (Å²) in [5, 5.41) is 13.2. The largest absolute Gasteiger partial charge is 0.423 e. The third-order valence-electron chi connectivity index (χ3n) is 3.12. The molecule has 1 N–H and O–H groups in total. The Morgan fingerprint density at radius 1 is 1.17 bits per heavy atom. The van der Waals surface area contributed by atoms with Gasteiger partial charge in [0.15, 0.2) is 5.78 Å². The third-order valence-corrected chi connectivity index (χ3v) is 3.65. The van der Waals surface area contributed by atoms with Gasteiger partial charge in [0.05, 0.1) is 11.5 Å². The average molecular weight is 403 g/mol. The van der Waals surface area contributed by atoms with Gasteiger partial charge >= 0.3 is 6.18 Å². The first-order valence-electron chi connectivity index (χ1n) is 6.57. The summed E-state index contributed by atoms with van der Waals surface area (Å²) in [5.41, 5.74) is -2.04. The summed E-state index contributed by atoms with van der Waals surface area (Å²) < 4.78 is 39.4. The van der Waals surface area contributed by atoms with Crippen LogP contribution < -0.4 is 5.32 Å². The van der Waals surface area contributed by atoms with Crippen LogP contribution >= 0.6 is 15.9 Å². The van der Waals surface area contributed by atoms with Gasteiger partial charge in [0.2, 0.25) is 0 Å². The lowest BCUT2D eigenvalue weighted by Crippen LogP contribution is -2.15. The number of alkyl halides is 3. The number of nitro benzene ring substituents is 1. The lowest BCUT2D eigenvalue weighted by molar-refractivity contribution is -0.388. The lowest BCUT2D eigenvalue weighted by Gasteiger charge is -2.11. The fourth-order valence-corrected chi connectivity index (χ4v) is 2.22. The quantitative estimate of drug-likeness (QED) is 0.448. The summed E-state index contributed by atoms with van der Waals surface area (Å²) in [6.45, 7) is -0.239. The Morgan fingerprint density at radius 2 is 1.79 bits per heavy atom. The predicted octanol–water partition coefficient (Wildman–Crippen LogP) is 4.67. The second kappa shape index (κ2) is 7.00. The van der Waals surface area contributed by atoms with Gasteiger partial charge in [0, 0.05) is 21.8 Å². The van der Waals surface area contributed by atoms with Crippen molar-refractivity contribution < 1.29 is 22.9 Å². The SMILES string of the molecule is O=C(CNc1ccc([N+](=O)[O-])c(C(F)(F)F)c1)c1ccc(Br)cc1. The second-order valence-electron chi connectivity index (χ2n) is 4.77. The maximum Gasteiger partial charge on any atom is 0.423 e. The van der Waals surface area contributed by atoms with Crippen LogP contribution in [0.1, 0.15) is 15.9 Å². The summed E-state index contributed by atoms with van der Waals surface area (Å²) in [5.74, 6) is -0.325. The molecule has 0 spiro atoms. The molecular formula is C15H10BrF3N2O3. The molecule has 2 aromatic carbocycles. The zero-order chi connectivity index (χ0) is 17.9. The van der Waals surface area contributed by atoms with E-state index in [4.69, 9.17) is 0 Å². The van der Waals surface area contributed by atoms with E-state index in [2.05, 4.69) is 21.2 Å². The van der Waals surface area contributed by atoms with Gasteiger partial charge < -0.3 is 5.32 Å². The molecule has 126 valence electrons.